The van der Waals surface area contributed by atoms with Crippen LogP contribution in [0.4, 0.5) is 4.39 Å². The maximum Gasteiger partial charge on any atom is 0.268 e. The SMILES string of the molecule is Cc1nnc(C(C)Sc2nc3sc(C)c(-c4ccc(F)cc4)c3c(=O)n2-c2ccccc2)o1. The van der Waals surface area contributed by atoms with E-state index in [0.29, 0.717) is 32.8 Å². The van der Waals surface area contributed by atoms with Crippen LogP contribution in [0.5, 0.6) is 0 Å². The summed E-state index contributed by atoms with van der Waals surface area (Å²) >= 11 is 2.84. The van der Waals surface area contributed by atoms with E-state index < -0.39 is 0 Å². The van der Waals surface area contributed by atoms with Crippen molar-refractivity contribution in [3.8, 4) is 16.8 Å². The van der Waals surface area contributed by atoms with Crippen LogP contribution >= 0.6 is 23.1 Å². The van der Waals surface area contributed by atoms with Gasteiger partial charge in [0.2, 0.25) is 11.8 Å². The molecular weight excluding hydrogens is 459 g/mol. The minimum Gasteiger partial charge on any atom is -0.424 e. The van der Waals surface area contributed by atoms with Gasteiger partial charge in [-0.3, -0.25) is 9.36 Å². The molecule has 0 amide bonds. The van der Waals surface area contributed by atoms with Gasteiger partial charge < -0.3 is 4.42 Å². The molecule has 1 unspecified atom stereocenters. The summed E-state index contributed by atoms with van der Waals surface area (Å²) in [5.74, 6) is 0.639. The molecule has 0 N–H and O–H groups in total. The predicted molar refractivity (Wildman–Crippen MR) is 129 cm³/mol. The molecule has 0 radical (unpaired) electrons. The molecule has 6 nitrogen and oxygen atoms in total. The molecule has 0 aliphatic carbocycles. The van der Waals surface area contributed by atoms with E-state index in [1.807, 2.05) is 44.2 Å². The van der Waals surface area contributed by atoms with E-state index in [0.717, 1.165) is 16.0 Å². The van der Waals surface area contributed by atoms with Crippen LogP contribution in [0.2, 0.25) is 0 Å². The van der Waals surface area contributed by atoms with Crippen molar-refractivity contribution >= 4 is 33.3 Å². The number of rotatable bonds is 5. The molecule has 9 heteroatoms. The maximum absolute atomic E-state index is 13.9. The van der Waals surface area contributed by atoms with Crippen LogP contribution < -0.4 is 5.56 Å². The predicted octanol–water partition coefficient (Wildman–Crippen LogP) is 6.11. The van der Waals surface area contributed by atoms with Crippen LogP contribution in [0.15, 0.2) is 69.0 Å². The van der Waals surface area contributed by atoms with Crippen LogP contribution in [0, 0.1) is 19.7 Å². The highest BCUT2D eigenvalue weighted by molar-refractivity contribution is 7.99. The van der Waals surface area contributed by atoms with Crippen molar-refractivity contribution in [1.82, 2.24) is 19.7 Å². The third-order valence-electron chi connectivity index (χ3n) is 5.19. The minimum atomic E-state index is -0.320. The molecule has 33 heavy (non-hydrogen) atoms. The second kappa shape index (κ2) is 8.57. The number of aryl methyl sites for hydroxylation is 2. The van der Waals surface area contributed by atoms with E-state index in [2.05, 4.69) is 10.2 Å². The normalized spacial score (nSPS) is 12.4. The van der Waals surface area contributed by atoms with Gasteiger partial charge in [-0.2, -0.15) is 0 Å². The Bertz CT molecular complexity index is 1510. The van der Waals surface area contributed by atoms with Crippen molar-refractivity contribution in [3.05, 3.63) is 87.4 Å². The Balaban J connectivity index is 1.74. The summed E-state index contributed by atoms with van der Waals surface area (Å²) in [5, 5.41) is 8.88. The number of nitrogens with zero attached hydrogens (tertiary/aromatic N) is 4. The van der Waals surface area contributed by atoms with Crippen LogP contribution in [0.1, 0.15) is 28.8 Å². The number of halogens is 1. The van der Waals surface area contributed by atoms with Gasteiger partial charge in [-0.15, -0.1) is 21.5 Å². The average Bonchev–Trinajstić information content (AvgIpc) is 3.38. The molecule has 0 saturated carbocycles. The summed E-state index contributed by atoms with van der Waals surface area (Å²) in [5.41, 5.74) is 2.11. The Labute approximate surface area is 197 Å². The topological polar surface area (TPSA) is 73.8 Å². The number of para-hydroxylation sites is 1. The first-order valence-corrected chi connectivity index (χ1v) is 12.0. The molecule has 3 aromatic heterocycles. The number of hydrogen-bond acceptors (Lipinski definition) is 7. The van der Waals surface area contributed by atoms with Crippen molar-refractivity contribution in [3.63, 3.8) is 0 Å². The summed E-state index contributed by atoms with van der Waals surface area (Å²) in [6.07, 6.45) is 0. The molecule has 0 aliphatic rings. The molecule has 5 rings (SSSR count). The molecule has 5 aromatic rings. The molecule has 0 aliphatic heterocycles. The molecule has 1 atom stereocenters. The number of aromatic nitrogens is 4. The van der Waals surface area contributed by atoms with E-state index in [1.54, 1.807) is 23.6 Å². The summed E-state index contributed by atoms with van der Waals surface area (Å²) in [6.45, 7) is 5.63. The van der Waals surface area contributed by atoms with E-state index in [4.69, 9.17) is 9.40 Å². The van der Waals surface area contributed by atoms with Gasteiger partial charge in [0.05, 0.1) is 16.3 Å². The molecule has 0 bridgehead atoms. The average molecular weight is 479 g/mol. The number of fused-ring (bicyclic) bond motifs is 1. The fourth-order valence-corrected chi connectivity index (χ4v) is 5.72. The lowest BCUT2D eigenvalue weighted by molar-refractivity contribution is 0.470. The maximum atomic E-state index is 13.9. The molecule has 166 valence electrons. The fraction of sp³-hybridized carbons (Fsp3) is 0.167. The number of thioether (sulfide) groups is 1. The highest BCUT2D eigenvalue weighted by Gasteiger charge is 2.23. The molecule has 0 spiro atoms. The van der Waals surface area contributed by atoms with Gasteiger partial charge in [-0.25, -0.2) is 9.37 Å². The zero-order valence-corrected chi connectivity index (χ0v) is 19.7. The fourth-order valence-electron chi connectivity index (χ4n) is 3.68. The van der Waals surface area contributed by atoms with Gasteiger partial charge in [0.25, 0.3) is 5.56 Å². The smallest absolute Gasteiger partial charge is 0.268 e. The molecule has 3 heterocycles. The first-order chi connectivity index (χ1) is 15.9. The Morgan fingerprint density at radius 1 is 1.06 bits per heavy atom. The van der Waals surface area contributed by atoms with E-state index in [9.17, 15) is 9.18 Å². The summed E-state index contributed by atoms with van der Waals surface area (Å²) in [7, 11) is 0. The van der Waals surface area contributed by atoms with E-state index in [-0.39, 0.29) is 16.6 Å². The lowest BCUT2D eigenvalue weighted by Gasteiger charge is -2.14. The summed E-state index contributed by atoms with van der Waals surface area (Å²) in [6, 6.07) is 15.6. The first-order valence-electron chi connectivity index (χ1n) is 10.3. The van der Waals surface area contributed by atoms with Crippen molar-refractivity contribution in [2.45, 2.75) is 31.2 Å². The monoisotopic (exact) mass is 478 g/mol. The van der Waals surface area contributed by atoms with Gasteiger partial charge in [0.1, 0.15) is 10.6 Å². The summed E-state index contributed by atoms with van der Waals surface area (Å²) < 4.78 is 20.7. The number of thiophene rings is 1. The minimum absolute atomic E-state index is 0.175. The largest absolute Gasteiger partial charge is 0.424 e. The van der Waals surface area contributed by atoms with Crippen molar-refractivity contribution in [2.24, 2.45) is 0 Å². The third kappa shape index (κ3) is 3.98. The van der Waals surface area contributed by atoms with Crippen molar-refractivity contribution in [2.75, 3.05) is 0 Å². The Kier molecular flexibility index (Phi) is 5.59. The zero-order chi connectivity index (χ0) is 23.1. The van der Waals surface area contributed by atoms with E-state index >= 15 is 0 Å². The number of benzene rings is 2. The standard InChI is InChI=1S/C24H19FN4O2S2/c1-13-19(16-9-11-17(25)12-10-16)20-22(32-13)26-24(33-14(2)21-28-27-15(3)31-21)29(23(20)30)18-7-5-4-6-8-18/h4-12,14H,1-3H3. The van der Waals surface area contributed by atoms with Gasteiger partial charge in [-0.1, -0.05) is 42.1 Å². The van der Waals surface area contributed by atoms with Gasteiger partial charge >= 0.3 is 0 Å². The van der Waals surface area contributed by atoms with Crippen LogP contribution in [-0.4, -0.2) is 19.7 Å². The van der Waals surface area contributed by atoms with Crippen LogP contribution in [0.3, 0.4) is 0 Å². The molecule has 0 fully saturated rings. The van der Waals surface area contributed by atoms with Gasteiger partial charge in [0, 0.05) is 17.4 Å². The van der Waals surface area contributed by atoms with Crippen LogP contribution in [-0.2, 0) is 0 Å². The molecule has 2 aromatic carbocycles. The third-order valence-corrected chi connectivity index (χ3v) is 7.23. The first kappa shape index (κ1) is 21.5. The van der Waals surface area contributed by atoms with Gasteiger partial charge in [-0.05, 0) is 43.7 Å². The lowest BCUT2D eigenvalue weighted by Crippen LogP contribution is -2.21. The second-order valence-electron chi connectivity index (χ2n) is 7.51. The van der Waals surface area contributed by atoms with Crippen LogP contribution in [0.25, 0.3) is 27.0 Å². The Hall–Kier alpha value is -3.30. The molecule has 0 saturated heterocycles. The second-order valence-corrected chi connectivity index (χ2v) is 10.0. The quantitative estimate of drug-likeness (QED) is 0.224. The van der Waals surface area contributed by atoms with Crippen molar-refractivity contribution in [1.29, 1.82) is 0 Å². The highest BCUT2D eigenvalue weighted by Crippen LogP contribution is 2.39. The van der Waals surface area contributed by atoms with Crippen molar-refractivity contribution < 1.29 is 8.81 Å². The zero-order valence-electron chi connectivity index (χ0n) is 18.1. The highest BCUT2D eigenvalue weighted by atomic mass is 32.2. The Morgan fingerprint density at radius 3 is 2.45 bits per heavy atom. The lowest BCUT2D eigenvalue weighted by atomic mass is 10.0. The van der Waals surface area contributed by atoms with Gasteiger partial charge in [0.15, 0.2) is 5.16 Å². The summed E-state index contributed by atoms with van der Waals surface area (Å²) in [4.78, 5) is 20.4. The van der Waals surface area contributed by atoms with E-state index in [1.165, 1.54) is 35.2 Å². The Morgan fingerprint density at radius 2 is 1.79 bits per heavy atom. The number of hydrogen-bond donors (Lipinski definition) is 0. The molecular formula is C24H19FN4O2S2.